The van der Waals surface area contributed by atoms with E-state index in [4.69, 9.17) is 4.74 Å². The number of nitrogens with zero attached hydrogens (tertiary/aromatic N) is 3. The number of nitro groups is 1. The molecule has 1 aromatic heterocycles. The van der Waals surface area contributed by atoms with Gasteiger partial charge in [-0.1, -0.05) is 12.1 Å². The molecule has 0 unspecified atom stereocenters. The Bertz CT molecular complexity index is 953. The van der Waals surface area contributed by atoms with Crippen LogP contribution in [0.1, 0.15) is 5.56 Å². The van der Waals surface area contributed by atoms with E-state index in [0.717, 1.165) is 5.52 Å². The number of fused-ring (bicyclic) bond motifs is 1. The number of anilines is 1. The Morgan fingerprint density at radius 3 is 2.80 bits per heavy atom. The van der Waals surface area contributed by atoms with E-state index >= 15 is 0 Å². The molecule has 0 fully saturated rings. The van der Waals surface area contributed by atoms with Gasteiger partial charge in [0.2, 0.25) is 5.88 Å². The first-order valence-corrected chi connectivity index (χ1v) is 7.42. The van der Waals surface area contributed by atoms with E-state index in [-0.39, 0.29) is 18.2 Å². The van der Waals surface area contributed by atoms with Crippen molar-refractivity contribution in [3.8, 4) is 5.88 Å². The molecule has 0 saturated heterocycles. The second-order valence-corrected chi connectivity index (χ2v) is 5.29. The summed E-state index contributed by atoms with van der Waals surface area (Å²) in [7, 11) is 0. The largest absolute Gasteiger partial charge is 0.467 e. The lowest BCUT2D eigenvalue weighted by Gasteiger charge is -2.10. The third kappa shape index (κ3) is 3.69. The highest BCUT2D eigenvalue weighted by Gasteiger charge is 2.12. The summed E-state index contributed by atoms with van der Waals surface area (Å²) in [5.74, 6) is -0.0687. The highest BCUT2D eigenvalue weighted by atomic mass is 16.6. The maximum absolute atomic E-state index is 12.1. The zero-order valence-corrected chi connectivity index (χ0v) is 13.3. The summed E-state index contributed by atoms with van der Waals surface area (Å²) in [5.41, 5.74) is 1.78. The van der Waals surface area contributed by atoms with Gasteiger partial charge >= 0.3 is 0 Å². The number of rotatable bonds is 5. The maximum atomic E-state index is 12.1. The van der Waals surface area contributed by atoms with Crippen molar-refractivity contribution >= 4 is 28.2 Å². The van der Waals surface area contributed by atoms with E-state index in [0.29, 0.717) is 22.5 Å². The SMILES string of the molecule is Cc1cc([N+](=O)[O-])ccc1NC(=O)COc1ncnc2ccccc12. The standard InChI is InChI=1S/C17H14N4O4/c1-11-8-12(21(23)24)6-7-14(11)20-16(22)9-25-17-13-4-2-3-5-15(13)18-10-19-17/h2-8,10H,9H2,1H3,(H,20,22). The second kappa shape index (κ2) is 6.91. The minimum absolute atomic E-state index is 0.0285. The average Bonchev–Trinajstić information content (AvgIpc) is 2.61. The lowest BCUT2D eigenvalue weighted by Crippen LogP contribution is -2.21. The first-order valence-electron chi connectivity index (χ1n) is 7.42. The molecule has 1 N–H and O–H groups in total. The number of carbonyl (C=O) groups is 1. The van der Waals surface area contributed by atoms with Crippen LogP contribution in [0.15, 0.2) is 48.8 Å². The molecular formula is C17H14N4O4. The number of carbonyl (C=O) groups excluding carboxylic acids is 1. The molecule has 8 nitrogen and oxygen atoms in total. The lowest BCUT2D eigenvalue weighted by molar-refractivity contribution is -0.384. The molecule has 0 atom stereocenters. The summed E-state index contributed by atoms with van der Waals surface area (Å²) in [6.45, 7) is 1.44. The van der Waals surface area contributed by atoms with Crippen molar-refractivity contribution in [3.63, 3.8) is 0 Å². The molecule has 2 aromatic carbocycles. The fourth-order valence-electron chi connectivity index (χ4n) is 2.32. The van der Waals surface area contributed by atoms with Crippen molar-refractivity contribution in [2.24, 2.45) is 0 Å². The van der Waals surface area contributed by atoms with Gasteiger partial charge in [0.25, 0.3) is 11.6 Å². The molecule has 25 heavy (non-hydrogen) atoms. The molecule has 1 heterocycles. The monoisotopic (exact) mass is 338 g/mol. The van der Waals surface area contributed by atoms with Crippen LogP contribution in [-0.2, 0) is 4.79 Å². The van der Waals surface area contributed by atoms with Crippen LogP contribution in [0, 0.1) is 17.0 Å². The normalized spacial score (nSPS) is 10.4. The number of nitro benzene ring substituents is 1. The molecule has 3 aromatic rings. The molecule has 3 rings (SSSR count). The van der Waals surface area contributed by atoms with Crippen molar-refractivity contribution in [3.05, 3.63) is 64.5 Å². The molecule has 0 aliphatic carbocycles. The quantitative estimate of drug-likeness (QED) is 0.566. The third-order valence-corrected chi connectivity index (χ3v) is 3.54. The Morgan fingerprint density at radius 1 is 1.24 bits per heavy atom. The molecule has 0 saturated carbocycles. The van der Waals surface area contributed by atoms with Gasteiger partial charge in [-0.2, -0.15) is 0 Å². The van der Waals surface area contributed by atoms with Gasteiger partial charge in [-0.25, -0.2) is 9.97 Å². The van der Waals surface area contributed by atoms with Crippen LogP contribution in [0.3, 0.4) is 0 Å². The van der Waals surface area contributed by atoms with Crippen molar-refractivity contribution in [2.45, 2.75) is 6.92 Å². The number of aromatic nitrogens is 2. The minimum Gasteiger partial charge on any atom is -0.467 e. The van der Waals surface area contributed by atoms with Crippen molar-refractivity contribution in [1.29, 1.82) is 0 Å². The van der Waals surface area contributed by atoms with Gasteiger partial charge in [-0.15, -0.1) is 0 Å². The number of benzene rings is 2. The van der Waals surface area contributed by atoms with E-state index < -0.39 is 4.92 Å². The number of hydrogen-bond donors (Lipinski definition) is 1. The molecule has 0 spiro atoms. The predicted molar refractivity (Wildman–Crippen MR) is 91.5 cm³/mol. The third-order valence-electron chi connectivity index (χ3n) is 3.54. The lowest BCUT2D eigenvalue weighted by atomic mass is 10.2. The summed E-state index contributed by atoms with van der Waals surface area (Å²) < 4.78 is 5.48. The van der Waals surface area contributed by atoms with Gasteiger partial charge in [0, 0.05) is 17.8 Å². The summed E-state index contributed by atoms with van der Waals surface area (Å²) in [6, 6.07) is 11.5. The van der Waals surface area contributed by atoms with Crippen LogP contribution < -0.4 is 10.1 Å². The smallest absolute Gasteiger partial charge is 0.269 e. The number of non-ortho nitro benzene ring substituents is 1. The minimum atomic E-state index is -0.484. The zero-order valence-electron chi connectivity index (χ0n) is 13.3. The number of amides is 1. The van der Waals surface area contributed by atoms with Crippen molar-refractivity contribution in [1.82, 2.24) is 9.97 Å². The molecule has 1 amide bonds. The summed E-state index contributed by atoms with van der Waals surface area (Å²) in [5, 5.41) is 14.1. The Hall–Kier alpha value is -3.55. The van der Waals surface area contributed by atoms with Gasteiger partial charge in [0.1, 0.15) is 6.33 Å². The van der Waals surface area contributed by atoms with Gasteiger partial charge in [-0.3, -0.25) is 14.9 Å². The molecule has 8 heteroatoms. The van der Waals surface area contributed by atoms with E-state index in [1.807, 2.05) is 24.3 Å². The molecule has 0 aliphatic rings. The van der Waals surface area contributed by atoms with Crippen molar-refractivity contribution < 1.29 is 14.5 Å². The number of para-hydroxylation sites is 1. The topological polar surface area (TPSA) is 107 Å². The zero-order chi connectivity index (χ0) is 17.8. The molecule has 0 radical (unpaired) electrons. The van der Waals surface area contributed by atoms with Gasteiger partial charge < -0.3 is 10.1 Å². The summed E-state index contributed by atoms with van der Waals surface area (Å²) in [4.78, 5) is 30.5. The van der Waals surface area contributed by atoms with E-state index in [1.54, 1.807) is 6.92 Å². The Labute approximate surface area is 142 Å². The highest BCUT2D eigenvalue weighted by molar-refractivity contribution is 5.93. The van der Waals surface area contributed by atoms with E-state index in [1.165, 1.54) is 24.5 Å². The van der Waals surface area contributed by atoms with Gasteiger partial charge in [0.15, 0.2) is 6.61 Å². The van der Waals surface area contributed by atoms with Crippen LogP contribution >= 0.6 is 0 Å². The average molecular weight is 338 g/mol. The fourth-order valence-corrected chi connectivity index (χ4v) is 2.32. The summed E-state index contributed by atoms with van der Waals surface area (Å²) in [6.07, 6.45) is 1.37. The number of hydrogen-bond acceptors (Lipinski definition) is 6. The van der Waals surface area contributed by atoms with Crippen LogP contribution in [0.5, 0.6) is 5.88 Å². The van der Waals surface area contributed by atoms with Crippen molar-refractivity contribution in [2.75, 3.05) is 11.9 Å². The highest BCUT2D eigenvalue weighted by Crippen LogP contribution is 2.22. The Balaban J connectivity index is 1.68. The van der Waals surface area contributed by atoms with E-state index in [9.17, 15) is 14.9 Å². The molecular weight excluding hydrogens is 324 g/mol. The van der Waals surface area contributed by atoms with Crippen LogP contribution in [0.2, 0.25) is 0 Å². The Kier molecular flexibility index (Phi) is 4.51. The number of aryl methyl sites for hydroxylation is 1. The van der Waals surface area contributed by atoms with Crippen LogP contribution in [-0.4, -0.2) is 27.4 Å². The second-order valence-electron chi connectivity index (χ2n) is 5.29. The molecule has 0 bridgehead atoms. The van der Waals surface area contributed by atoms with Crippen LogP contribution in [0.25, 0.3) is 10.9 Å². The predicted octanol–water partition coefficient (Wildman–Crippen LogP) is 2.86. The number of ether oxygens (including phenoxy) is 1. The van der Waals surface area contributed by atoms with Gasteiger partial charge in [0.05, 0.1) is 15.8 Å². The summed E-state index contributed by atoms with van der Waals surface area (Å²) >= 11 is 0. The first-order chi connectivity index (χ1) is 12.0. The van der Waals surface area contributed by atoms with Crippen LogP contribution in [0.4, 0.5) is 11.4 Å². The Morgan fingerprint density at radius 2 is 2.04 bits per heavy atom. The molecule has 126 valence electrons. The van der Waals surface area contributed by atoms with Gasteiger partial charge in [-0.05, 0) is 30.7 Å². The van der Waals surface area contributed by atoms with E-state index in [2.05, 4.69) is 15.3 Å². The number of nitrogens with one attached hydrogen (secondary N) is 1. The molecule has 0 aliphatic heterocycles. The maximum Gasteiger partial charge on any atom is 0.269 e. The first kappa shape index (κ1) is 16.3. The fraction of sp³-hybridized carbons (Fsp3) is 0.118.